The molecule has 2 rings (SSSR count). The summed E-state index contributed by atoms with van der Waals surface area (Å²) >= 11 is 1.11. The number of hydrogen-bond donors (Lipinski definition) is 2. The zero-order chi connectivity index (χ0) is 15.5. The Morgan fingerprint density at radius 1 is 1.19 bits per heavy atom. The quantitative estimate of drug-likeness (QED) is 0.858. The number of aliphatic hydroxyl groups excluding tert-OH is 1. The van der Waals surface area contributed by atoms with E-state index in [9.17, 15) is 8.42 Å². The Bertz CT molecular complexity index is 703. The van der Waals surface area contributed by atoms with Crippen molar-refractivity contribution in [2.45, 2.75) is 37.6 Å². The minimum absolute atomic E-state index is 0.134. The maximum atomic E-state index is 12.2. The first-order chi connectivity index (χ1) is 9.96. The Kier molecular flexibility index (Phi) is 5.16. The molecule has 21 heavy (non-hydrogen) atoms. The molecule has 2 N–H and O–H groups in total. The molecule has 4 nitrogen and oxygen atoms in total. The molecule has 0 saturated heterocycles. The van der Waals surface area contributed by atoms with Gasteiger partial charge in [0, 0.05) is 11.4 Å². The van der Waals surface area contributed by atoms with Crippen LogP contribution in [-0.2, 0) is 29.6 Å². The third-order valence-electron chi connectivity index (χ3n) is 3.30. The fraction of sp³-hybridized carbons (Fsp3) is 0.333. The van der Waals surface area contributed by atoms with Crippen LogP contribution in [0, 0.1) is 6.92 Å². The van der Waals surface area contributed by atoms with E-state index in [2.05, 4.69) is 11.6 Å². The van der Waals surface area contributed by atoms with Gasteiger partial charge in [0.25, 0.3) is 0 Å². The van der Waals surface area contributed by atoms with Gasteiger partial charge in [0.15, 0.2) is 0 Å². The summed E-state index contributed by atoms with van der Waals surface area (Å²) in [4.78, 5) is 0.683. The molecule has 0 spiro atoms. The number of benzene rings is 1. The molecule has 0 saturated carbocycles. The van der Waals surface area contributed by atoms with Crippen LogP contribution in [-0.4, -0.2) is 13.5 Å². The minimum atomic E-state index is -3.53. The van der Waals surface area contributed by atoms with E-state index in [1.807, 2.05) is 24.3 Å². The molecule has 0 atom stereocenters. The van der Waals surface area contributed by atoms with Gasteiger partial charge in [-0.05, 0) is 36.1 Å². The van der Waals surface area contributed by atoms with Gasteiger partial charge in [-0.15, -0.1) is 11.3 Å². The number of thiophene rings is 1. The second-order valence-electron chi connectivity index (χ2n) is 4.82. The van der Waals surface area contributed by atoms with Crippen LogP contribution in [0.5, 0.6) is 0 Å². The van der Waals surface area contributed by atoms with Gasteiger partial charge in [0.1, 0.15) is 4.21 Å². The highest BCUT2D eigenvalue weighted by molar-refractivity contribution is 7.91. The van der Waals surface area contributed by atoms with E-state index in [4.69, 9.17) is 5.11 Å². The van der Waals surface area contributed by atoms with Gasteiger partial charge >= 0.3 is 0 Å². The third-order valence-corrected chi connectivity index (χ3v) is 6.40. The van der Waals surface area contributed by atoms with Crippen molar-refractivity contribution in [3.63, 3.8) is 0 Å². The highest BCUT2D eigenvalue weighted by Crippen LogP contribution is 2.25. The van der Waals surface area contributed by atoms with Crippen molar-refractivity contribution in [1.82, 2.24) is 4.72 Å². The van der Waals surface area contributed by atoms with Gasteiger partial charge in [-0.1, -0.05) is 31.2 Å². The summed E-state index contributed by atoms with van der Waals surface area (Å²) in [7, 11) is -3.53. The molecule has 0 fully saturated rings. The molecule has 1 aromatic heterocycles. The molecule has 0 radical (unpaired) electrons. The minimum Gasteiger partial charge on any atom is -0.391 e. The van der Waals surface area contributed by atoms with Gasteiger partial charge < -0.3 is 5.11 Å². The maximum absolute atomic E-state index is 12.2. The second kappa shape index (κ2) is 6.70. The van der Waals surface area contributed by atoms with E-state index >= 15 is 0 Å². The second-order valence-corrected chi connectivity index (χ2v) is 7.95. The molecule has 0 amide bonds. The first-order valence-corrected chi connectivity index (χ1v) is 9.04. The molecular formula is C15H19NO3S2. The maximum Gasteiger partial charge on any atom is 0.250 e. The third kappa shape index (κ3) is 3.91. The number of sulfonamides is 1. The number of aryl methyl sites for hydroxylation is 2. The predicted molar refractivity (Wildman–Crippen MR) is 84.8 cm³/mol. The normalized spacial score (nSPS) is 11.8. The smallest absolute Gasteiger partial charge is 0.250 e. The van der Waals surface area contributed by atoms with Crippen LogP contribution >= 0.6 is 11.3 Å². The lowest BCUT2D eigenvalue weighted by atomic mass is 10.1. The molecule has 0 unspecified atom stereocenters. The van der Waals surface area contributed by atoms with E-state index in [-0.39, 0.29) is 17.4 Å². The zero-order valence-electron chi connectivity index (χ0n) is 12.1. The number of nitrogens with one attached hydrogen (secondary N) is 1. The molecule has 0 bridgehead atoms. The fourth-order valence-electron chi connectivity index (χ4n) is 1.92. The lowest BCUT2D eigenvalue weighted by Gasteiger charge is -2.05. The SMILES string of the molecule is CCc1ccc(CNS(=O)(=O)c2cc(C)c(CO)s2)cc1. The van der Waals surface area contributed by atoms with Crippen molar-refractivity contribution in [1.29, 1.82) is 0 Å². The molecule has 1 heterocycles. The molecule has 0 aliphatic carbocycles. The summed E-state index contributed by atoms with van der Waals surface area (Å²) in [5.41, 5.74) is 2.95. The highest BCUT2D eigenvalue weighted by atomic mass is 32.2. The predicted octanol–water partition coefficient (Wildman–Crippen LogP) is 2.59. The highest BCUT2D eigenvalue weighted by Gasteiger charge is 2.18. The van der Waals surface area contributed by atoms with Crippen molar-refractivity contribution in [3.05, 3.63) is 51.9 Å². The van der Waals surface area contributed by atoms with Crippen molar-refractivity contribution in [3.8, 4) is 0 Å². The van der Waals surface area contributed by atoms with E-state index < -0.39 is 10.0 Å². The van der Waals surface area contributed by atoms with Gasteiger partial charge in [0.05, 0.1) is 6.61 Å². The van der Waals surface area contributed by atoms with Gasteiger partial charge in [-0.25, -0.2) is 13.1 Å². The van der Waals surface area contributed by atoms with Crippen LogP contribution in [0.25, 0.3) is 0 Å². The Labute approximate surface area is 129 Å². The number of rotatable bonds is 6. The van der Waals surface area contributed by atoms with Crippen molar-refractivity contribution in [2.75, 3.05) is 0 Å². The average molecular weight is 325 g/mol. The molecular weight excluding hydrogens is 306 g/mol. The fourth-order valence-corrected chi connectivity index (χ4v) is 4.43. The van der Waals surface area contributed by atoms with Crippen LogP contribution in [0.2, 0.25) is 0 Å². The summed E-state index contributed by atoms with van der Waals surface area (Å²) in [5, 5.41) is 9.15. The molecule has 2 aromatic rings. The molecule has 1 aromatic carbocycles. The molecule has 6 heteroatoms. The zero-order valence-corrected chi connectivity index (χ0v) is 13.7. The van der Waals surface area contributed by atoms with Crippen molar-refractivity contribution in [2.24, 2.45) is 0 Å². The Morgan fingerprint density at radius 2 is 1.81 bits per heavy atom. The molecule has 0 aliphatic heterocycles. The van der Waals surface area contributed by atoms with Crippen molar-refractivity contribution >= 4 is 21.4 Å². The van der Waals surface area contributed by atoms with E-state index in [1.165, 1.54) is 5.56 Å². The lowest BCUT2D eigenvalue weighted by Crippen LogP contribution is -2.22. The number of hydrogen-bond acceptors (Lipinski definition) is 4. The van der Waals surface area contributed by atoms with E-state index in [0.717, 1.165) is 28.9 Å². The van der Waals surface area contributed by atoms with Gasteiger partial charge in [0.2, 0.25) is 10.0 Å². The first-order valence-electron chi connectivity index (χ1n) is 6.74. The van der Waals surface area contributed by atoms with Crippen LogP contribution in [0.3, 0.4) is 0 Å². The summed E-state index contributed by atoms with van der Waals surface area (Å²) in [5.74, 6) is 0. The Balaban J connectivity index is 2.09. The summed E-state index contributed by atoms with van der Waals surface area (Å²) < 4.78 is 27.3. The topological polar surface area (TPSA) is 66.4 Å². The Morgan fingerprint density at radius 3 is 2.33 bits per heavy atom. The van der Waals surface area contributed by atoms with Crippen LogP contribution < -0.4 is 4.72 Å². The summed E-state index contributed by atoms with van der Waals surface area (Å²) in [6.07, 6.45) is 0.963. The van der Waals surface area contributed by atoms with E-state index in [1.54, 1.807) is 13.0 Å². The lowest BCUT2D eigenvalue weighted by molar-refractivity contribution is 0.285. The Hall–Kier alpha value is -1.21. The van der Waals surface area contributed by atoms with Gasteiger partial charge in [-0.2, -0.15) is 0 Å². The van der Waals surface area contributed by atoms with Crippen LogP contribution in [0.15, 0.2) is 34.5 Å². The monoisotopic (exact) mass is 325 g/mol. The summed E-state index contributed by atoms with van der Waals surface area (Å²) in [6, 6.07) is 9.46. The molecule has 114 valence electrons. The molecule has 0 aliphatic rings. The standard InChI is InChI=1S/C15H19NO3S2/c1-3-12-4-6-13(7-5-12)9-16-21(18,19)15-8-11(2)14(10-17)20-15/h4-8,16-17H,3,9-10H2,1-2H3. The van der Waals surface area contributed by atoms with Crippen LogP contribution in [0.1, 0.15) is 28.5 Å². The van der Waals surface area contributed by atoms with E-state index in [0.29, 0.717) is 4.88 Å². The van der Waals surface area contributed by atoms with Crippen molar-refractivity contribution < 1.29 is 13.5 Å². The first kappa shape index (κ1) is 16.2. The largest absolute Gasteiger partial charge is 0.391 e. The average Bonchev–Trinajstić information content (AvgIpc) is 2.88. The number of aliphatic hydroxyl groups is 1. The van der Waals surface area contributed by atoms with Crippen LogP contribution in [0.4, 0.5) is 0 Å². The summed E-state index contributed by atoms with van der Waals surface area (Å²) in [6.45, 7) is 4.00. The van der Waals surface area contributed by atoms with Gasteiger partial charge in [-0.3, -0.25) is 0 Å².